The zero-order chi connectivity index (χ0) is 19.0. The first-order valence-corrected chi connectivity index (χ1v) is 9.32. The van der Waals surface area contributed by atoms with E-state index in [9.17, 15) is 19.5 Å². The number of nitrogens with two attached hydrogens (primary N) is 1. The lowest BCUT2D eigenvalue weighted by Crippen LogP contribution is -2.62. The van der Waals surface area contributed by atoms with Crippen LogP contribution in [0, 0.1) is 5.92 Å². The van der Waals surface area contributed by atoms with Gasteiger partial charge in [-0.3, -0.25) is 14.5 Å². The number of thioether (sulfide) groups is 1. The summed E-state index contributed by atoms with van der Waals surface area (Å²) in [7, 11) is 0. The predicted molar refractivity (Wildman–Crippen MR) is 95.9 cm³/mol. The van der Waals surface area contributed by atoms with Crippen LogP contribution in [0.25, 0.3) is 0 Å². The van der Waals surface area contributed by atoms with Crippen LogP contribution < -0.4 is 5.73 Å². The lowest BCUT2D eigenvalue weighted by molar-refractivity contribution is -0.153. The molecule has 0 radical (unpaired) electrons. The van der Waals surface area contributed by atoms with Crippen LogP contribution in [-0.2, 0) is 14.4 Å². The Morgan fingerprint density at radius 3 is 2.81 bits per heavy atom. The molecule has 1 aromatic heterocycles. The van der Waals surface area contributed by atoms with Gasteiger partial charge in [0, 0.05) is 17.6 Å². The van der Waals surface area contributed by atoms with Crippen LogP contribution in [-0.4, -0.2) is 54.7 Å². The molecule has 1 amide bonds. The molecule has 26 heavy (non-hydrogen) atoms. The Labute approximate surface area is 155 Å². The maximum Gasteiger partial charge on any atom is 0.352 e. The van der Waals surface area contributed by atoms with Gasteiger partial charge in [0.25, 0.3) is 0 Å². The van der Waals surface area contributed by atoms with Gasteiger partial charge < -0.3 is 16.0 Å². The van der Waals surface area contributed by atoms with Crippen LogP contribution in [0.3, 0.4) is 0 Å². The van der Waals surface area contributed by atoms with E-state index in [1.54, 1.807) is 0 Å². The van der Waals surface area contributed by atoms with E-state index in [4.69, 9.17) is 10.9 Å². The van der Waals surface area contributed by atoms with E-state index in [0.29, 0.717) is 11.3 Å². The number of fused-ring (bicyclic) bond motifs is 1. The molecule has 2 aliphatic heterocycles. The van der Waals surface area contributed by atoms with Crippen molar-refractivity contribution in [2.75, 3.05) is 11.5 Å². The van der Waals surface area contributed by atoms with Crippen molar-refractivity contribution in [1.82, 2.24) is 9.88 Å². The predicted octanol–water partition coefficient (Wildman–Crippen LogP) is 0.919. The summed E-state index contributed by atoms with van der Waals surface area (Å²) >= 11 is 2.46. The number of β-lactam (4-membered cyclic amide) rings is 1. The minimum absolute atomic E-state index is 0.0965. The topological polar surface area (TPSA) is 146 Å². The number of anilines is 1. The molecular weight excluding hydrogens is 380 g/mol. The summed E-state index contributed by atoms with van der Waals surface area (Å²) in [5.74, 6) is -2.54. The van der Waals surface area contributed by atoms with Gasteiger partial charge in [-0.25, -0.2) is 9.78 Å². The fraction of sp³-hybridized carbons (Fsp3) is 0.267. The summed E-state index contributed by atoms with van der Waals surface area (Å²) in [6.45, 7) is 3.58. The highest BCUT2D eigenvalue weighted by Crippen LogP contribution is 2.45. The number of carboxylic acids is 1. The van der Waals surface area contributed by atoms with Gasteiger partial charge in [0.05, 0.1) is 11.3 Å². The lowest BCUT2D eigenvalue weighted by atomic mass is 9.89. The second kappa shape index (κ2) is 6.92. The van der Waals surface area contributed by atoms with Crippen LogP contribution in [0.5, 0.6) is 0 Å². The Balaban J connectivity index is 1.78. The van der Waals surface area contributed by atoms with Gasteiger partial charge in [0.2, 0.25) is 5.91 Å². The number of Topliss-reactive ketones (excluding diaryl/α,β-unsaturated/α-hetero) is 1. The average molecular weight is 394 g/mol. The van der Waals surface area contributed by atoms with Gasteiger partial charge in [-0.2, -0.15) is 0 Å². The first-order chi connectivity index (χ1) is 12.4. The molecule has 2 atom stereocenters. The molecule has 0 saturated carbocycles. The third-order valence-electron chi connectivity index (χ3n) is 4.09. The summed E-state index contributed by atoms with van der Waals surface area (Å²) in [4.78, 5) is 41.5. The van der Waals surface area contributed by atoms with Gasteiger partial charge >= 0.3 is 5.97 Å². The van der Waals surface area contributed by atoms with Crippen molar-refractivity contribution in [3.05, 3.63) is 35.0 Å². The number of aliphatic carboxylic acids is 1. The standard InChI is InChI=1S/C15H14N4O5S2/c1-2-6-4-25-13-7(12(21)19(13)11(6)14(22)23)3-9(20)10(18-24)8-5-26-15(16)17-8/h2,5,7,13,24H,1,3-4H2,(H2,16,17)(H,22,23)/b18-10-. The van der Waals surface area contributed by atoms with Crippen molar-refractivity contribution >= 4 is 51.6 Å². The molecule has 9 nitrogen and oxygen atoms in total. The van der Waals surface area contributed by atoms with Crippen molar-refractivity contribution in [2.24, 2.45) is 11.1 Å². The third-order valence-corrected chi connectivity index (χ3v) is 6.12. The molecule has 0 bridgehead atoms. The maximum absolute atomic E-state index is 12.5. The third kappa shape index (κ3) is 2.88. The number of hydrogen-bond acceptors (Lipinski definition) is 9. The van der Waals surface area contributed by atoms with E-state index in [-0.39, 0.29) is 28.7 Å². The molecule has 0 aliphatic carbocycles. The molecule has 0 spiro atoms. The largest absolute Gasteiger partial charge is 0.477 e. The zero-order valence-electron chi connectivity index (χ0n) is 13.3. The zero-order valence-corrected chi connectivity index (χ0v) is 14.9. The number of carbonyl (C=O) groups is 3. The molecule has 0 aromatic carbocycles. The first kappa shape index (κ1) is 18.1. The molecule has 3 rings (SSSR count). The Hall–Kier alpha value is -2.66. The lowest BCUT2D eigenvalue weighted by Gasteiger charge is -2.49. The van der Waals surface area contributed by atoms with Gasteiger partial charge in [-0.05, 0) is 5.57 Å². The van der Waals surface area contributed by atoms with E-state index in [2.05, 4.69) is 16.7 Å². The van der Waals surface area contributed by atoms with Gasteiger partial charge in [0.1, 0.15) is 11.4 Å². The van der Waals surface area contributed by atoms with Crippen molar-refractivity contribution < 1.29 is 24.7 Å². The molecule has 2 unspecified atom stereocenters. The van der Waals surface area contributed by atoms with E-state index >= 15 is 0 Å². The molecule has 11 heteroatoms. The SMILES string of the molecule is C=CC1=C(C(=O)O)N2C(=O)C(CC(=O)/C(=N\O)c3csc(N)n3)C2SC1. The molecule has 1 fully saturated rings. The Bertz CT molecular complexity index is 875. The highest BCUT2D eigenvalue weighted by Gasteiger charge is 2.53. The highest BCUT2D eigenvalue weighted by atomic mass is 32.2. The first-order valence-electron chi connectivity index (χ1n) is 7.39. The highest BCUT2D eigenvalue weighted by molar-refractivity contribution is 8.00. The van der Waals surface area contributed by atoms with Gasteiger partial charge in [-0.1, -0.05) is 17.8 Å². The van der Waals surface area contributed by atoms with Crippen LogP contribution in [0.4, 0.5) is 5.13 Å². The Morgan fingerprint density at radius 2 is 2.27 bits per heavy atom. The molecule has 1 aromatic rings. The van der Waals surface area contributed by atoms with Gasteiger partial charge in [-0.15, -0.1) is 23.1 Å². The number of thiazole rings is 1. The van der Waals surface area contributed by atoms with Crippen LogP contribution >= 0.6 is 23.1 Å². The number of oxime groups is 1. The second-order valence-corrected chi connectivity index (χ2v) is 7.54. The quantitative estimate of drug-likeness (QED) is 0.279. The van der Waals surface area contributed by atoms with Crippen molar-refractivity contribution in [3.8, 4) is 0 Å². The number of rotatable bonds is 6. The van der Waals surface area contributed by atoms with E-state index in [1.165, 1.54) is 28.1 Å². The molecular formula is C15H14N4O5S2. The van der Waals surface area contributed by atoms with E-state index in [0.717, 1.165) is 11.3 Å². The summed E-state index contributed by atoms with van der Waals surface area (Å²) in [5.41, 5.74) is 5.75. The molecule has 4 N–H and O–H groups in total. The number of hydrogen-bond donors (Lipinski definition) is 3. The van der Waals surface area contributed by atoms with Crippen LogP contribution in [0.15, 0.2) is 34.5 Å². The summed E-state index contributed by atoms with van der Waals surface area (Å²) in [6.07, 6.45) is 1.21. The number of nitrogens with zero attached hydrogens (tertiary/aromatic N) is 3. The number of nitrogen functional groups attached to an aromatic ring is 1. The number of carboxylic acid groups (broad SMARTS) is 1. The Kier molecular flexibility index (Phi) is 4.83. The molecule has 2 aliphatic rings. The second-order valence-electron chi connectivity index (χ2n) is 5.55. The summed E-state index contributed by atoms with van der Waals surface area (Å²) in [5, 5.41) is 22.7. The maximum atomic E-state index is 12.5. The van der Waals surface area contributed by atoms with E-state index in [1.807, 2.05) is 0 Å². The number of amides is 1. The molecule has 1 saturated heterocycles. The normalized spacial score (nSPS) is 22.7. The minimum Gasteiger partial charge on any atom is -0.477 e. The molecule has 3 heterocycles. The van der Waals surface area contributed by atoms with E-state index < -0.39 is 29.0 Å². The summed E-state index contributed by atoms with van der Waals surface area (Å²) < 4.78 is 0. The Morgan fingerprint density at radius 1 is 1.54 bits per heavy atom. The van der Waals surface area contributed by atoms with Crippen molar-refractivity contribution in [3.63, 3.8) is 0 Å². The number of aromatic nitrogens is 1. The monoisotopic (exact) mass is 394 g/mol. The molecule has 136 valence electrons. The number of allylic oxidation sites excluding steroid dienone is 1. The van der Waals surface area contributed by atoms with Crippen LogP contribution in [0.2, 0.25) is 0 Å². The minimum atomic E-state index is -1.21. The van der Waals surface area contributed by atoms with Crippen molar-refractivity contribution in [1.29, 1.82) is 0 Å². The summed E-state index contributed by atoms with van der Waals surface area (Å²) in [6, 6.07) is 0. The van der Waals surface area contributed by atoms with Gasteiger partial charge in [0.15, 0.2) is 16.6 Å². The smallest absolute Gasteiger partial charge is 0.352 e. The fourth-order valence-electron chi connectivity index (χ4n) is 2.88. The number of carbonyl (C=O) groups excluding carboxylic acids is 2. The average Bonchev–Trinajstić information content (AvgIpc) is 3.04. The fourth-order valence-corrected chi connectivity index (χ4v) is 4.83. The van der Waals surface area contributed by atoms with Crippen molar-refractivity contribution in [2.45, 2.75) is 11.8 Å². The van der Waals surface area contributed by atoms with Crippen LogP contribution in [0.1, 0.15) is 12.1 Å². The number of ketones is 1.